The number of hydrogen-bond donors (Lipinski definition) is 4. The van der Waals surface area contributed by atoms with Gasteiger partial charge in [0.05, 0.1) is 24.2 Å². The number of carboxylic acid groups (broad SMARTS) is 2. The fourth-order valence-corrected chi connectivity index (χ4v) is 5.11. The summed E-state index contributed by atoms with van der Waals surface area (Å²) in [5, 5.41) is 31.3. The van der Waals surface area contributed by atoms with Crippen LogP contribution in [0.2, 0.25) is 0 Å². The van der Waals surface area contributed by atoms with Gasteiger partial charge in [0.1, 0.15) is 5.75 Å². The summed E-state index contributed by atoms with van der Waals surface area (Å²) in [4.78, 5) is 26.4. The molecule has 2 aromatic carbocycles. The number of oxazole rings is 1. The first-order chi connectivity index (χ1) is 20.1. The minimum Gasteiger partial charge on any atom is -0.497 e. The molecule has 2 aromatic heterocycles. The summed E-state index contributed by atoms with van der Waals surface area (Å²) in [5.74, 6) is -1.75. The lowest BCUT2D eigenvalue weighted by Crippen LogP contribution is -2.43. The van der Waals surface area contributed by atoms with Crippen LogP contribution >= 0.6 is 12.2 Å². The number of carboxylic acids is 2. The number of pyridine rings is 1. The van der Waals surface area contributed by atoms with Gasteiger partial charge in [-0.1, -0.05) is 6.07 Å². The van der Waals surface area contributed by atoms with Gasteiger partial charge >= 0.3 is 11.9 Å². The summed E-state index contributed by atoms with van der Waals surface area (Å²) >= 11 is 5.22. The van der Waals surface area contributed by atoms with Crippen molar-refractivity contribution in [3.63, 3.8) is 0 Å². The highest BCUT2D eigenvalue weighted by atomic mass is 32.1. The Bertz CT molecular complexity index is 1620. The van der Waals surface area contributed by atoms with E-state index in [4.69, 9.17) is 31.6 Å². The van der Waals surface area contributed by atoms with Crippen molar-refractivity contribution in [3.8, 4) is 5.75 Å². The lowest BCUT2D eigenvalue weighted by Gasteiger charge is -2.33. The average molecular weight is 595 g/mol. The molecule has 1 saturated heterocycles. The van der Waals surface area contributed by atoms with Crippen LogP contribution in [0.4, 0.5) is 0 Å². The van der Waals surface area contributed by atoms with Crippen LogP contribution in [-0.4, -0.2) is 74.5 Å². The predicted octanol–water partition coefficient (Wildman–Crippen LogP) is 4.06. The number of aromatic nitrogens is 2. The zero-order valence-electron chi connectivity index (χ0n) is 23.4. The van der Waals surface area contributed by atoms with Crippen molar-refractivity contribution in [1.82, 2.24) is 19.8 Å². The van der Waals surface area contributed by atoms with Gasteiger partial charge in [0, 0.05) is 49.9 Å². The second kappa shape index (κ2) is 14.2. The normalized spacial score (nSPS) is 15.0. The lowest BCUT2D eigenvalue weighted by atomic mass is 10.0. The SMILES string of the molecule is COc1ccc2nccc([C@@H](O)CN3CCC(NCc4ccc5c(c4)oc(=S)n5C)CC3)c2c1.O=C(O)/C=C/C(=O)O. The third-order valence-electron chi connectivity index (χ3n) is 7.18. The van der Waals surface area contributed by atoms with Gasteiger partial charge in [-0.2, -0.15) is 0 Å². The highest BCUT2D eigenvalue weighted by Gasteiger charge is 2.22. The Morgan fingerprint density at radius 3 is 2.52 bits per heavy atom. The Kier molecular flexibility index (Phi) is 10.4. The number of β-amino-alcohol motifs (C(OH)–C–C–N with tert-alkyl or cyclic N) is 1. The lowest BCUT2D eigenvalue weighted by molar-refractivity contribution is -0.134. The van der Waals surface area contributed by atoms with E-state index in [1.54, 1.807) is 13.3 Å². The number of benzene rings is 2. The topological polar surface area (TPSA) is 150 Å². The number of aliphatic hydroxyl groups is 1. The van der Waals surface area contributed by atoms with Crippen LogP contribution in [0.3, 0.4) is 0 Å². The molecule has 222 valence electrons. The molecule has 5 rings (SSSR count). The number of methoxy groups -OCH3 is 1. The molecule has 1 aliphatic rings. The number of rotatable bonds is 9. The number of ether oxygens (including phenoxy) is 1. The Morgan fingerprint density at radius 2 is 1.86 bits per heavy atom. The van der Waals surface area contributed by atoms with Gasteiger partial charge < -0.3 is 39.3 Å². The van der Waals surface area contributed by atoms with Crippen molar-refractivity contribution in [2.45, 2.75) is 31.5 Å². The molecule has 3 heterocycles. The molecule has 1 fully saturated rings. The monoisotopic (exact) mass is 594 g/mol. The highest BCUT2D eigenvalue weighted by Crippen LogP contribution is 2.28. The fraction of sp³-hybridized carbons (Fsp3) is 0.333. The first kappa shape index (κ1) is 30.8. The van der Waals surface area contributed by atoms with E-state index in [-0.39, 0.29) is 0 Å². The number of likely N-dealkylation sites (tertiary alicyclic amines) is 1. The van der Waals surface area contributed by atoms with Crippen LogP contribution in [0, 0.1) is 4.84 Å². The summed E-state index contributed by atoms with van der Waals surface area (Å²) in [6.45, 7) is 3.31. The number of aryl methyl sites for hydroxylation is 1. The van der Waals surface area contributed by atoms with E-state index in [0.29, 0.717) is 29.6 Å². The van der Waals surface area contributed by atoms with E-state index in [0.717, 1.165) is 65.8 Å². The van der Waals surface area contributed by atoms with Crippen molar-refractivity contribution in [1.29, 1.82) is 0 Å². The molecule has 0 radical (unpaired) electrons. The largest absolute Gasteiger partial charge is 0.497 e. The van der Waals surface area contributed by atoms with Gasteiger partial charge in [-0.15, -0.1) is 0 Å². The minimum absolute atomic E-state index is 0.456. The van der Waals surface area contributed by atoms with Crippen LogP contribution in [-0.2, 0) is 23.2 Å². The summed E-state index contributed by atoms with van der Waals surface area (Å²) in [5.41, 5.74) is 4.80. The van der Waals surface area contributed by atoms with Crippen molar-refractivity contribution < 1.29 is 34.1 Å². The number of carbonyl (C=O) groups is 2. The molecule has 1 atom stereocenters. The van der Waals surface area contributed by atoms with Crippen molar-refractivity contribution in [3.05, 3.63) is 76.8 Å². The molecule has 4 aromatic rings. The Balaban J connectivity index is 0.000000446. The molecule has 12 heteroatoms. The first-order valence-electron chi connectivity index (χ1n) is 13.4. The van der Waals surface area contributed by atoms with E-state index < -0.39 is 18.0 Å². The molecule has 0 unspecified atom stereocenters. The van der Waals surface area contributed by atoms with E-state index in [1.807, 2.05) is 35.9 Å². The van der Waals surface area contributed by atoms with Crippen molar-refractivity contribution in [2.75, 3.05) is 26.7 Å². The third-order valence-corrected chi connectivity index (χ3v) is 7.54. The second-order valence-electron chi connectivity index (χ2n) is 9.99. The van der Waals surface area contributed by atoms with Crippen LogP contribution in [0.1, 0.15) is 30.1 Å². The zero-order valence-corrected chi connectivity index (χ0v) is 24.2. The molecular formula is C30H34N4O7S. The van der Waals surface area contributed by atoms with Gasteiger partial charge in [-0.25, -0.2) is 9.59 Å². The molecule has 42 heavy (non-hydrogen) atoms. The van der Waals surface area contributed by atoms with Gasteiger partial charge in [0.25, 0.3) is 4.84 Å². The van der Waals surface area contributed by atoms with Gasteiger partial charge in [0.2, 0.25) is 0 Å². The van der Waals surface area contributed by atoms with E-state index in [1.165, 1.54) is 5.56 Å². The van der Waals surface area contributed by atoms with E-state index in [2.05, 4.69) is 33.4 Å². The summed E-state index contributed by atoms with van der Waals surface area (Å²) in [7, 11) is 3.57. The first-order valence-corrected chi connectivity index (χ1v) is 13.8. The van der Waals surface area contributed by atoms with Crippen LogP contribution in [0.15, 0.2) is 65.2 Å². The molecule has 0 bridgehead atoms. The number of aliphatic hydroxyl groups excluding tert-OH is 1. The maximum absolute atomic E-state index is 11.0. The quantitative estimate of drug-likeness (QED) is 0.164. The van der Waals surface area contributed by atoms with Gasteiger partial charge in [0.15, 0.2) is 5.58 Å². The number of hydrogen-bond acceptors (Lipinski definition) is 9. The number of nitrogens with one attached hydrogen (secondary N) is 1. The molecule has 0 saturated carbocycles. The standard InChI is InChI=1S/C26H30N4O3S.C4H4O4/c1-29-23-6-3-17(13-25(23)33-26(29)34)15-28-18-8-11-30(12-9-18)16-24(31)20-7-10-27-22-5-4-19(32-2)14-21(20)22;5-3(6)1-2-4(7)8/h3-7,10,13-14,18,24,28,31H,8-9,11-12,15-16H2,1-2H3;1-2H,(H,5,6)(H,7,8)/b;2-1+/t24-;/m0./s1. The fourth-order valence-electron chi connectivity index (χ4n) is 4.92. The molecule has 0 amide bonds. The smallest absolute Gasteiger partial charge is 0.328 e. The molecule has 0 aliphatic carbocycles. The van der Waals surface area contributed by atoms with Gasteiger partial charge in [-0.05, 0) is 85.7 Å². The number of fused-ring (bicyclic) bond motifs is 2. The van der Waals surface area contributed by atoms with Gasteiger partial charge in [-0.3, -0.25) is 4.98 Å². The van der Waals surface area contributed by atoms with E-state index in [9.17, 15) is 14.7 Å². The Hall–Kier alpha value is -4.10. The number of aliphatic carboxylic acids is 2. The Morgan fingerprint density at radius 1 is 1.14 bits per heavy atom. The Labute approximate surface area is 247 Å². The van der Waals surface area contributed by atoms with Crippen LogP contribution < -0.4 is 10.1 Å². The molecule has 1 aliphatic heterocycles. The maximum atomic E-state index is 11.0. The van der Waals surface area contributed by atoms with Crippen LogP contribution in [0.25, 0.3) is 22.0 Å². The van der Waals surface area contributed by atoms with Crippen molar-refractivity contribution in [2.24, 2.45) is 7.05 Å². The molecule has 0 spiro atoms. The summed E-state index contributed by atoms with van der Waals surface area (Å²) < 4.78 is 12.9. The zero-order chi connectivity index (χ0) is 30.2. The molecule has 11 nitrogen and oxygen atoms in total. The van der Waals surface area contributed by atoms with E-state index >= 15 is 0 Å². The van der Waals surface area contributed by atoms with Crippen LogP contribution in [0.5, 0.6) is 5.75 Å². The third kappa shape index (κ3) is 8.01. The predicted molar refractivity (Wildman–Crippen MR) is 160 cm³/mol. The molecular weight excluding hydrogens is 560 g/mol. The molecule has 4 N–H and O–H groups in total. The number of nitrogens with zero attached hydrogens (tertiary/aromatic N) is 3. The second-order valence-corrected chi connectivity index (χ2v) is 10.3. The average Bonchev–Trinajstić information content (AvgIpc) is 3.27. The van der Waals surface area contributed by atoms with Crippen molar-refractivity contribution >= 4 is 46.2 Å². The highest BCUT2D eigenvalue weighted by molar-refractivity contribution is 7.71. The minimum atomic E-state index is -1.26. The summed E-state index contributed by atoms with van der Waals surface area (Å²) in [6, 6.07) is 14.4. The maximum Gasteiger partial charge on any atom is 0.328 e. The number of piperidine rings is 1. The summed E-state index contributed by atoms with van der Waals surface area (Å²) in [6.07, 6.45) is 4.40.